The zero-order chi connectivity index (χ0) is 36.7. The SMILES string of the molecule is CC(C)(C)c1cc([Si](O)(c2cc(C(C)(C)C)c(O)c(C(C)(C)C)c2)c2cc(C(C)(C)C)c(O)c(C(C)(C)C)c2)cc(C(C)(C)C)c1O. The van der Waals surface area contributed by atoms with Gasteiger partial charge in [-0.2, -0.15) is 0 Å². The molecule has 0 amide bonds. The average molecular weight is 661 g/mol. The Bertz CT molecular complexity index is 1350. The van der Waals surface area contributed by atoms with E-state index in [1.807, 2.05) is 36.4 Å². The molecule has 0 aromatic heterocycles. The van der Waals surface area contributed by atoms with E-state index in [0.717, 1.165) is 48.9 Å². The minimum Gasteiger partial charge on any atom is -0.507 e. The number of phenolic OH excluding ortho intramolecular Hbond substituents is 3. The first-order chi connectivity index (χ1) is 20.7. The summed E-state index contributed by atoms with van der Waals surface area (Å²) < 4.78 is 0. The lowest BCUT2D eigenvalue weighted by molar-refractivity contribution is 0.423. The molecule has 0 unspecified atom stereocenters. The number of aromatic hydroxyl groups is 3. The Morgan fingerprint density at radius 1 is 0.319 bits per heavy atom. The predicted molar refractivity (Wildman–Crippen MR) is 203 cm³/mol. The van der Waals surface area contributed by atoms with Crippen molar-refractivity contribution in [2.75, 3.05) is 0 Å². The fourth-order valence-electron chi connectivity index (χ4n) is 6.46. The number of phenols is 3. The van der Waals surface area contributed by atoms with Crippen LogP contribution in [0.5, 0.6) is 17.2 Å². The van der Waals surface area contributed by atoms with E-state index >= 15 is 0 Å². The number of hydrogen-bond acceptors (Lipinski definition) is 4. The molecule has 0 atom stereocenters. The van der Waals surface area contributed by atoms with E-state index in [4.69, 9.17) is 0 Å². The second-order valence-electron chi connectivity index (χ2n) is 20.0. The van der Waals surface area contributed by atoms with Crippen LogP contribution >= 0.6 is 0 Å². The minimum atomic E-state index is -3.94. The molecule has 0 aliphatic rings. The lowest BCUT2D eigenvalue weighted by Crippen LogP contribution is -2.68. The van der Waals surface area contributed by atoms with Crippen LogP contribution in [0.2, 0.25) is 0 Å². The number of hydrogen-bond donors (Lipinski definition) is 4. The largest absolute Gasteiger partial charge is 0.507 e. The van der Waals surface area contributed by atoms with Crippen molar-refractivity contribution in [2.45, 2.75) is 157 Å². The topological polar surface area (TPSA) is 80.9 Å². The highest BCUT2D eigenvalue weighted by Crippen LogP contribution is 2.42. The lowest BCUT2D eigenvalue weighted by atomic mass is 9.79. The highest BCUT2D eigenvalue weighted by molar-refractivity contribution is 7.06. The Morgan fingerprint density at radius 2 is 0.447 bits per heavy atom. The lowest BCUT2D eigenvalue weighted by Gasteiger charge is -2.37. The average Bonchev–Trinajstić information content (AvgIpc) is 2.84. The molecule has 0 saturated carbocycles. The summed E-state index contributed by atoms with van der Waals surface area (Å²) in [6, 6.07) is 12.1. The Kier molecular flexibility index (Phi) is 9.62. The van der Waals surface area contributed by atoms with Crippen molar-refractivity contribution < 1.29 is 20.1 Å². The van der Waals surface area contributed by atoms with Gasteiger partial charge < -0.3 is 20.1 Å². The van der Waals surface area contributed by atoms with E-state index < -0.39 is 40.8 Å². The maximum atomic E-state index is 13.9. The van der Waals surface area contributed by atoms with E-state index in [-0.39, 0.29) is 17.2 Å². The van der Waals surface area contributed by atoms with Crippen LogP contribution in [0.1, 0.15) is 158 Å². The molecule has 3 aromatic rings. The summed E-state index contributed by atoms with van der Waals surface area (Å²) >= 11 is 0. The van der Waals surface area contributed by atoms with Crippen molar-refractivity contribution in [2.24, 2.45) is 0 Å². The number of rotatable bonds is 3. The maximum absolute atomic E-state index is 13.9. The van der Waals surface area contributed by atoms with Crippen LogP contribution < -0.4 is 15.6 Å². The molecule has 0 fully saturated rings. The number of benzene rings is 3. The van der Waals surface area contributed by atoms with Crippen molar-refractivity contribution in [3.63, 3.8) is 0 Å². The summed E-state index contributed by atoms with van der Waals surface area (Å²) in [5.41, 5.74) is 2.26. The van der Waals surface area contributed by atoms with Gasteiger partial charge in [0, 0.05) is 0 Å². The van der Waals surface area contributed by atoms with E-state index in [0.29, 0.717) is 0 Å². The summed E-state index contributed by atoms with van der Waals surface area (Å²) in [7, 11) is -3.94. The Hall–Kier alpha value is -2.76. The fraction of sp³-hybridized carbons (Fsp3) is 0.571. The van der Waals surface area contributed by atoms with Crippen molar-refractivity contribution >= 4 is 23.9 Å². The quantitative estimate of drug-likeness (QED) is 0.168. The van der Waals surface area contributed by atoms with Gasteiger partial charge in [0.05, 0.1) is 0 Å². The molecule has 5 heteroatoms. The Labute approximate surface area is 287 Å². The highest BCUT2D eigenvalue weighted by atomic mass is 28.4. The van der Waals surface area contributed by atoms with E-state index in [1.54, 1.807) is 0 Å². The first-order valence-electron chi connectivity index (χ1n) is 17.1. The second kappa shape index (κ2) is 11.7. The molecule has 0 saturated heterocycles. The van der Waals surface area contributed by atoms with Gasteiger partial charge >= 0.3 is 0 Å². The van der Waals surface area contributed by atoms with Crippen LogP contribution in [0.25, 0.3) is 0 Å². The fourth-order valence-corrected chi connectivity index (χ4v) is 9.58. The molecule has 3 aromatic carbocycles. The highest BCUT2D eigenvalue weighted by Gasteiger charge is 2.45. The molecule has 4 N–H and O–H groups in total. The molecule has 47 heavy (non-hydrogen) atoms. The van der Waals surface area contributed by atoms with E-state index in [2.05, 4.69) is 125 Å². The summed E-state index contributed by atoms with van der Waals surface area (Å²) in [6.45, 7) is 37.6. The minimum absolute atomic E-state index is 0.262. The smallest absolute Gasteiger partial charge is 0.285 e. The molecule has 0 spiro atoms. The summed E-state index contributed by atoms with van der Waals surface area (Å²) in [6.07, 6.45) is 0. The molecule has 4 nitrogen and oxygen atoms in total. The Balaban J connectivity index is 2.80. The molecule has 0 heterocycles. The molecule has 260 valence electrons. The van der Waals surface area contributed by atoms with Crippen LogP contribution in [0, 0.1) is 0 Å². The normalized spacial score (nSPS) is 14.1. The van der Waals surface area contributed by atoms with Gasteiger partial charge in [-0.05, 0) is 81.4 Å². The first kappa shape index (κ1) is 38.7. The van der Waals surface area contributed by atoms with Gasteiger partial charge in [0.1, 0.15) is 17.2 Å². The molecular formula is C42H64O4Si. The molecule has 0 aliphatic heterocycles. The van der Waals surface area contributed by atoms with Gasteiger partial charge in [-0.1, -0.05) is 161 Å². The van der Waals surface area contributed by atoms with Gasteiger partial charge in [-0.25, -0.2) is 0 Å². The van der Waals surface area contributed by atoms with Crippen LogP contribution in [0.4, 0.5) is 0 Å². The van der Waals surface area contributed by atoms with Gasteiger partial charge in [-0.15, -0.1) is 0 Å². The zero-order valence-corrected chi connectivity index (χ0v) is 33.8. The van der Waals surface area contributed by atoms with Gasteiger partial charge in [0.2, 0.25) is 0 Å². The van der Waals surface area contributed by atoms with Crippen LogP contribution in [-0.4, -0.2) is 28.4 Å². The van der Waals surface area contributed by atoms with Crippen LogP contribution in [0.15, 0.2) is 36.4 Å². The summed E-state index contributed by atoms with van der Waals surface area (Å²) in [5.74, 6) is 0.786. The second-order valence-corrected chi connectivity index (χ2v) is 23.1. The van der Waals surface area contributed by atoms with Gasteiger partial charge in [0.15, 0.2) is 0 Å². The van der Waals surface area contributed by atoms with Gasteiger partial charge in [0.25, 0.3) is 8.32 Å². The molecule has 0 bridgehead atoms. The van der Waals surface area contributed by atoms with Crippen molar-refractivity contribution in [1.29, 1.82) is 0 Å². The van der Waals surface area contributed by atoms with Crippen LogP contribution in [-0.2, 0) is 32.5 Å². The third kappa shape index (κ3) is 7.47. The Morgan fingerprint density at radius 3 is 0.553 bits per heavy atom. The molecule has 0 aliphatic carbocycles. The van der Waals surface area contributed by atoms with Crippen LogP contribution in [0.3, 0.4) is 0 Å². The van der Waals surface area contributed by atoms with E-state index in [9.17, 15) is 20.1 Å². The van der Waals surface area contributed by atoms with Crippen molar-refractivity contribution in [3.8, 4) is 17.2 Å². The zero-order valence-electron chi connectivity index (χ0n) is 32.8. The molecular weight excluding hydrogens is 597 g/mol. The predicted octanol–water partition coefficient (Wildman–Crippen LogP) is 8.55. The third-order valence-electron chi connectivity index (χ3n) is 9.43. The summed E-state index contributed by atoms with van der Waals surface area (Å²) in [4.78, 5) is 13.9. The molecule has 0 radical (unpaired) electrons. The van der Waals surface area contributed by atoms with Crippen molar-refractivity contribution in [3.05, 3.63) is 69.8 Å². The van der Waals surface area contributed by atoms with E-state index in [1.165, 1.54) is 0 Å². The molecule has 3 rings (SSSR count). The standard InChI is InChI=1S/C42H64O4Si/c1-37(2,3)28-19-25(20-29(34(28)43)38(4,5)6)47(46,26-21-30(39(7,8)9)35(44)31(22-26)40(10,11)12)27-23-32(41(13,14)15)36(45)33(24-27)42(16,17)18/h19-24,43-46H,1-18H3. The van der Waals surface area contributed by atoms with Gasteiger partial charge in [-0.3, -0.25) is 0 Å². The monoisotopic (exact) mass is 660 g/mol. The third-order valence-corrected chi connectivity index (χ3v) is 12.8. The summed E-state index contributed by atoms with van der Waals surface area (Å²) in [5, 5.41) is 37.5. The maximum Gasteiger partial charge on any atom is 0.285 e. The first-order valence-corrected chi connectivity index (χ1v) is 19.1. The van der Waals surface area contributed by atoms with Crippen molar-refractivity contribution in [1.82, 2.24) is 0 Å².